The summed E-state index contributed by atoms with van der Waals surface area (Å²) in [4.78, 5) is 38.5. The van der Waals surface area contributed by atoms with Gasteiger partial charge in [-0.1, -0.05) is 18.2 Å². The Morgan fingerprint density at radius 3 is 2.59 bits per heavy atom. The topological polar surface area (TPSA) is 97.0 Å². The second kappa shape index (κ2) is 10.3. The summed E-state index contributed by atoms with van der Waals surface area (Å²) in [7, 11) is 0. The zero-order chi connectivity index (χ0) is 22.3. The molecule has 0 aliphatic carbocycles. The molecule has 2 aliphatic heterocycles. The molecule has 0 saturated carbocycles. The van der Waals surface area contributed by atoms with Crippen LogP contribution in [0.5, 0.6) is 5.75 Å². The third kappa shape index (κ3) is 5.64. The zero-order valence-electron chi connectivity index (χ0n) is 17.8. The van der Waals surface area contributed by atoms with Crippen LogP contribution in [-0.4, -0.2) is 50.1 Å². The summed E-state index contributed by atoms with van der Waals surface area (Å²) in [6.07, 6.45) is 2.25. The van der Waals surface area contributed by atoms with E-state index in [-0.39, 0.29) is 42.8 Å². The van der Waals surface area contributed by atoms with Crippen molar-refractivity contribution in [1.29, 1.82) is 0 Å². The van der Waals surface area contributed by atoms with Gasteiger partial charge in [0.15, 0.2) is 6.61 Å². The first-order chi connectivity index (χ1) is 15.6. The number of benzene rings is 2. The molecule has 2 atom stereocenters. The molecule has 2 aliphatic rings. The lowest BCUT2D eigenvalue weighted by Gasteiger charge is -2.18. The van der Waals surface area contributed by atoms with Crippen molar-refractivity contribution in [2.24, 2.45) is 5.92 Å². The monoisotopic (exact) mass is 437 g/mol. The number of nitrogens with zero attached hydrogens (tertiary/aromatic N) is 1. The molecule has 8 nitrogen and oxygen atoms in total. The van der Waals surface area contributed by atoms with Gasteiger partial charge in [0.1, 0.15) is 5.75 Å². The van der Waals surface area contributed by atoms with Crippen LogP contribution in [0.15, 0.2) is 54.6 Å². The van der Waals surface area contributed by atoms with Gasteiger partial charge in [0.2, 0.25) is 11.8 Å². The number of carbonyl (C=O) groups is 3. The lowest BCUT2D eigenvalue weighted by molar-refractivity contribution is -0.126. The smallest absolute Gasteiger partial charge is 0.262 e. The summed E-state index contributed by atoms with van der Waals surface area (Å²) >= 11 is 0. The summed E-state index contributed by atoms with van der Waals surface area (Å²) in [5, 5.41) is 5.67. The molecule has 4 rings (SSSR count). The van der Waals surface area contributed by atoms with Gasteiger partial charge in [-0.05, 0) is 49.2 Å². The molecule has 2 fully saturated rings. The molecule has 168 valence electrons. The van der Waals surface area contributed by atoms with Crippen LogP contribution in [-0.2, 0) is 19.1 Å². The first-order valence-electron chi connectivity index (χ1n) is 10.9. The highest BCUT2D eigenvalue weighted by Gasteiger charge is 2.35. The van der Waals surface area contributed by atoms with Gasteiger partial charge >= 0.3 is 0 Å². The van der Waals surface area contributed by atoms with Crippen LogP contribution < -0.4 is 20.3 Å². The van der Waals surface area contributed by atoms with E-state index < -0.39 is 0 Å². The Morgan fingerprint density at radius 2 is 1.88 bits per heavy atom. The standard InChI is InChI=1S/C24H27N3O5/c28-22(26-18-5-2-1-3-6-18)16-32-20-10-8-19(9-11-20)27-15-17(13-23(27)29)24(30)25-14-21-7-4-12-31-21/h1-3,5-6,8-11,17,21H,4,7,12-16H2,(H,25,30)(H,26,28)/t17-,21-/m0/s1. The van der Waals surface area contributed by atoms with Crippen molar-refractivity contribution in [2.45, 2.75) is 25.4 Å². The van der Waals surface area contributed by atoms with Crippen molar-refractivity contribution in [1.82, 2.24) is 5.32 Å². The number of nitrogens with one attached hydrogen (secondary N) is 2. The van der Waals surface area contributed by atoms with Crippen molar-refractivity contribution in [3.05, 3.63) is 54.6 Å². The quantitative estimate of drug-likeness (QED) is 0.661. The molecule has 0 unspecified atom stereocenters. The van der Waals surface area contributed by atoms with Gasteiger partial charge in [0.25, 0.3) is 5.91 Å². The molecule has 32 heavy (non-hydrogen) atoms. The van der Waals surface area contributed by atoms with E-state index in [2.05, 4.69) is 10.6 Å². The van der Waals surface area contributed by atoms with Gasteiger partial charge < -0.3 is 25.0 Å². The normalized spacial score (nSPS) is 20.2. The Balaban J connectivity index is 1.25. The average molecular weight is 437 g/mol. The number of rotatable bonds is 8. The summed E-state index contributed by atoms with van der Waals surface area (Å²) in [6.45, 7) is 1.46. The Hall–Kier alpha value is -3.39. The minimum atomic E-state index is -0.374. The molecular weight excluding hydrogens is 410 g/mol. The lowest BCUT2D eigenvalue weighted by Crippen LogP contribution is -2.37. The maximum Gasteiger partial charge on any atom is 0.262 e. The van der Waals surface area contributed by atoms with Crippen LogP contribution in [0.1, 0.15) is 19.3 Å². The van der Waals surface area contributed by atoms with Gasteiger partial charge in [0.05, 0.1) is 12.0 Å². The predicted molar refractivity (Wildman–Crippen MR) is 119 cm³/mol. The highest BCUT2D eigenvalue weighted by Crippen LogP contribution is 2.27. The van der Waals surface area contributed by atoms with E-state index in [9.17, 15) is 14.4 Å². The van der Waals surface area contributed by atoms with E-state index in [0.29, 0.717) is 30.2 Å². The molecule has 8 heteroatoms. The van der Waals surface area contributed by atoms with Crippen LogP contribution >= 0.6 is 0 Å². The first-order valence-corrected chi connectivity index (χ1v) is 10.9. The number of ether oxygens (including phenoxy) is 2. The molecular formula is C24H27N3O5. The van der Waals surface area contributed by atoms with Gasteiger partial charge in [-0.2, -0.15) is 0 Å². The predicted octanol–water partition coefficient (Wildman–Crippen LogP) is 2.35. The lowest BCUT2D eigenvalue weighted by atomic mass is 10.1. The molecule has 0 aromatic heterocycles. The van der Waals surface area contributed by atoms with E-state index in [4.69, 9.17) is 9.47 Å². The maximum absolute atomic E-state index is 12.5. The Bertz CT molecular complexity index is 942. The molecule has 2 heterocycles. The number of para-hydroxylation sites is 1. The van der Waals surface area contributed by atoms with Gasteiger partial charge in [-0.15, -0.1) is 0 Å². The highest BCUT2D eigenvalue weighted by atomic mass is 16.5. The number of hydrogen-bond acceptors (Lipinski definition) is 5. The summed E-state index contributed by atoms with van der Waals surface area (Å²) in [6, 6.07) is 16.1. The van der Waals surface area contributed by atoms with E-state index in [1.807, 2.05) is 18.2 Å². The minimum Gasteiger partial charge on any atom is -0.484 e. The molecule has 2 aromatic carbocycles. The summed E-state index contributed by atoms with van der Waals surface area (Å²) in [5.74, 6) is -0.304. The van der Waals surface area contributed by atoms with E-state index in [1.54, 1.807) is 41.3 Å². The molecule has 2 saturated heterocycles. The van der Waals surface area contributed by atoms with Crippen molar-refractivity contribution >= 4 is 29.1 Å². The Labute approximate surface area is 186 Å². The number of carbonyl (C=O) groups excluding carboxylic acids is 3. The summed E-state index contributed by atoms with van der Waals surface area (Å²) in [5.41, 5.74) is 1.41. The van der Waals surface area contributed by atoms with E-state index in [0.717, 1.165) is 19.4 Å². The fraction of sp³-hybridized carbons (Fsp3) is 0.375. The molecule has 2 N–H and O–H groups in total. The summed E-state index contributed by atoms with van der Waals surface area (Å²) < 4.78 is 11.1. The number of hydrogen-bond donors (Lipinski definition) is 2. The Morgan fingerprint density at radius 1 is 1.09 bits per heavy atom. The van der Waals surface area contributed by atoms with Gasteiger partial charge in [0, 0.05) is 37.5 Å². The van der Waals surface area contributed by atoms with Crippen molar-refractivity contribution in [3.63, 3.8) is 0 Å². The number of anilines is 2. The molecule has 0 bridgehead atoms. The third-order valence-corrected chi connectivity index (χ3v) is 5.60. The fourth-order valence-electron chi connectivity index (χ4n) is 3.89. The van der Waals surface area contributed by atoms with Crippen LogP contribution in [0.25, 0.3) is 0 Å². The zero-order valence-corrected chi connectivity index (χ0v) is 17.8. The Kier molecular flexibility index (Phi) is 7.01. The van der Waals surface area contributed by atoms with Gasteiger partial charge in [-0.25, -0.2) is 0 Å². The molecule has 2 aromatic rings. The SMILES string of the molecule is O=C(COc1ccc(N2C[C@@H](C(=O)NC[C@@H]3CCCO3)CC2=O)cc1)Nc1ccccc1. The third-order valence-electron chi connectivity index (χ3n) is 5.60. The molecule has 3 amide bonds. The van der Waals surface area contributed by atoms with Crippen molar-refractivity contribution < 1.29 is 23.9 Å². The van der Waals surface area contributed by atoms with Crippen molar-refractivity contribution in [3.8, 4) is 5.75 Å². The fourth-order valence-corrected chi connectivity index (χ4v) is 3.89. The van der Waals surface area contributed by atoms with Crippen LogP contribution in [0.4, 0.5) is 11.4 Å². The number of amides is 3. The second-order valence-corrected chi connectivity index (χ2v) is 7.98. The van der Waals surface area contributed by atoms with Crippen LogP contribution in [0, 0.1) is 5.92 Å². The van der Waals surface area contributed by atoms with Crippen molar-refractivity contribution in [2.75, 3.05) is 36.5 Å². The average Bonchev–Trinajstić information content (AvgIpc) is 3.47. The van der Waals surface area contributed by atoms with E-state index in [1.165, 1.54) is 0 Å². The van der Waals surface area contributed by atoms with Crippen LogP contribution in [0.2, 0.25) is 0 Å². The largest absolute Gasteiger partial charge is 0.484 e. The van der Waals surface area contributed by atoms with E-state index >= 15 is 0 Å². The second-order valence-electron chi connectivity index (χ2n) is 7.98. The van der Waals surface area contributed by atoms with Crippen LogP contribution in [0.3, 0.4) is 0 Å². The first kappa shape index (κ1) is 21.8. The molecule has 0 spiro atoms. The highest BCUT2D eigenvalue weighted by molar-refractivity contribution is 6.00. The minimum absolute atomic E-state index is 0.0782. The molecule has 0 radical (unpaired) electrons. The maximum atomic E-state index is 12.5. The van der Waals surface area contributed by atoms with Gasteiger partial charge in [-0.3, -0.25) is 14.4 Å².